The molecule has 0 atom stereocenters. The molecule has 0 N–H and O–H groups in total. The average molecular weight is 448 g/mol. The van der Waals surface area contributed by atoms with Crippen molar-refractivity contribution in [1.29, 1.82) is 0 Å². The van der Waals surface area contributed by atoms with Crippen LogP contribution in [-0.4, -0.2) is 16.7 Å². The fourth-order valence-electron chi connectivity index (χ4n) is 3.05. The van der Waals surface area contributed by atoms with Crippen LogP contribution in [0.25, 0.3) is 6.08 Å². The van der Waals surface area contributed by atoms with Gasteiger partial charge in [0.1, 0.15) is 11.5 Å². The molecule has 0 radical (unpaired) electrons. The van der Waals surface area contributed by atoms with Gasteiger partial charge >= 0.3 is 0 Å². The fraction of sp³-hybridized carbons (Fsp3) is 0. The van der Waals surface area contributed by atoms with E-state index in [9.17, 15) is 14.9 Å². The molecule has 3 aromatic rings. The van der Waals surface area contributed by atoms with Crippen LogP contribution in [0, 0.1) is 10.1 Å². The van der Waals surface area contributed by atoms with Crippen molar-refractivity contribution in [3.05, 3.63) is 110 Å². The molecular weight excluding hydrogens is 434 g/mol. The number of para-hydroxylation sites is 1. The summed E-state index contributed by atoms with van der Waals surface area (Å²) in [5.74, 6) is 0.132. The quantitative estimate of drug-likeness (QED) is 0.313. The van der Waals surface area contributed by atoms with E-state index in [0.717, 1.165) is 10.0 Å². The molecule has 1 amide bonds. The molecule has 0 bridgehead atoms. The van der Waals surface area contributed by atoms with Gasteiger partial charge in [-0.25, -0.2) is 4.99 Å². The monoisotopic (exact) mass is 447 g/mol. The van der Waals surface area contributed by atoms with Gasteiger partial charge in [-0.15, -0.1) is 0 Å². The summed E-state index contributed by atoms with van der Waals surface area (Å²) in [6.45, 7) is 0. The van der Waals surface area contributed by atoms with Gasteiger partial charge in [-0.1, -0.05) is 58.4 Å². The second-order valence-corrected chi connectivity index (χ2v) is 7.18. The van der Waals surface area contributed by atoms with E-state index < -0.39 is 4.92 Å². The van der Waals surface area contributed by atoms with Gasteiger partial charge in [0.05, 0.1) is 16.2 Å². The van der Waals surface area contributed by atoms with E-state index in [4.69, 9.17) is 0 Å². The Balaban J connectivity index is 1.85. The lowest BCUT2D eigenvalue weighted by Gasteiger charge is -2.18. The van der Waals surface area contributed by atoms with Gasteiger partial charge in [0.25, 0.3) is 11.6 Å². The molecule has 0 fully saturated rings. The van der Waals surface area contributed by atoms with Crippen LogP contribution in [0.3, 0.4) is 0 Å². The molecule has 3 aromatic carbocycles. The maximum Gasteiger partial charge on any atom is 0.282 e. The van der Waals surface area contributed by atoms with Crippen LogP contribution in [0.1, 0.15) is 11.1 Å². The van der Waals surface area contributed by atoms with Crippen LogP contribution < -0.4 is 4.90 Å². The van der Waals surface area contributed by atoms with E-state index >= 15 is 0 Å². The summed E-state index contributed by atoms with van der Waals surface area (Å²) in [6, 6.07) is 22.9. The summed E-state index contributed by atoms with van der Waals surface area (Å²) >= 11 is 3.40. The standard InChI is InChI=1S/C22H14BrN3O3/c23-17-10-12-18(13-11-17)25-21(15-6-2-1-3-7-15)24-19(22(25)27)14-16-8-4-5-9-20(16)26(28)29/h1-14H/b19-14+. The maximum atomic E-state index is 13.2. The van der Waals surface area contributed by atoms with Gasteiger partial charge in [-0.3, -0.25) is 19.8 Å². The third-order valence-electron chi connectivity index (χ3n) is 4.40. The second-order valence-electron chi connectivity index (χ2n) is 6.26. The second kappa shape index (κ2) is 7.81. The molecule has 0 aromatic heterocycles. The number of aliphatic imine (C=N–C) groups is 1. The Hall–Kier alpha value is -3.58. The number of hydrogen-bond donors (Lipinski definition) is 0. The van der Waals surface area contributed by atoms with E-state index in [-0.39, 0.29) is 17.3 Å². The van der Waals surface area contributed by atoms with Crippen LogP contribution in [0.2, 0.25) is 0 Å². The van der Waals surface area contributed by atoms with Crippen molar-refractivity contribution in [3.63, 3.8) is 0 Å². The summed E-state index contributed by atoms with van der Waals surface area (Å²) < 4.78 is 0.891. The Morgan fingerprint density at radius 2 is 1.59 bits per heavy atom. The number of rotatable bonds is 4. The topological polar surface area (TPSA) is 75.8 Å². The highest BCUT2D eigenvalue weighted by Gasteiger charge is 2.32. The Kier molecular flexibility index (Phi) is 5.05. The highest BCUT2D eigenvalue weighted by Crippen LogP contribution is 2.30. The van der Waals surface area contributed by atoms with Gasteiger partial charge in [0.15, 0.2) is 0 Å². The molecule has 0 aliphatic carbocycles. The lowest BCUT2D eigenvalue weighted by Crippen LogP contribution is -2.32. The van der Waals surface area contributed by atoms with E-state index in [2.05, 4.69) is 20.9 Å². The lowest BCUT2D eigenvalue weighted by atomic mass is 10.1. The highest BCUT2D eigenvalue weighted by atomic mass is 79.9. The molecule has 0 saturated carbocycles. The predicted octanol–water partition coefficient (Wildman–Crippen LogP) is 5.19. The van der Waals surface area contributed by atoms with Gasteiger partial charge < -0.3 is 0 Å². The number of carbonyl (C=O) groups excluding carboxylic acids is 1. The van der Waals surface area contributed by atoms with Gasteiger partial charge in [0, 0.05) is 16.1 Å². The molecule has 0 unspecified atom stereocenters. The lowest BCUT2D eigenvalue weighted by molar-refractivity contribution is -0.385. The maximum absolute atomic E-state index is 13.2. The zero-order chi connectivity index (χ0) is 20.4. The third-order valence-corrected chi connectivity index (χ3v) is 4.93. The van der Waals surface area contributed by atoms with Crippen LogP contribution in [0.5, 0.6) is 0 Å². The minimum Gasteiger partial charge on any atom is -0.266 e. The molecule has 1 aliphatic rings. The number of benzene rings is 3. The van der Waals surface area contributed by atoms with Crippen molar-refractivity contribution in [3.8, 4) is 0 Å². The highest BCUT2D eigenvalue weighted by molar-refractivity contribution is 9.10. The van der Waals surface area contributed by atoms with Gasteiger partial charge in [0.2, 0.25) is 0 Å². The molecule has 7 heteroatoms. The van der Waals surface area contributed by atoms with Crippen LogP contribution in [-0.2, 0) is 4.79 Å². The first kappa shape index (κ1) is 18.8. The summed E-state index contributed by atoms with van der Waals surface area (Å²) in [6.07, 6.45) is 1.46. The molecule has 0 saturated heterocycles. The summed E-state index contributed by atoms with van der Waals surface area (Å²) in [4.78, 5) is 30.1. The normalized spacial score (nSPS) is 14.9. The zero-order valence-corrected chi connectivity index (χ0v) is 16.6. The van der Waals surface area contributed by atoms with Crippen molar-refractivity contribution in [1.82, 2.24) is 0 Å². The minimum atomic E-state index is -0.472. The Bertz CT molecular complexity index is 1160. The molecule has 142 valence electrons. The fourth-order valence-corrected chi connectivity index (χ4v) is 3.31. The number of amidine groups is 1. The number of anilines is 1. The molecule has 1 aliphatic heterocycles. The first-order valence-electron chi connectivity index (χ1n) is 8.74. The molecule has 1 heterocycles. The number of hydrogen-bond acceptors (Lipinski definition) is 4. The first-order valence-corrected chi connectivity index (χ1v) is 9.53. The number of nitro benzene ring substituents is 1. The number of halogens is 1. The van der Waals surface area contributed by atoms with E-state index in [1.165, 1.54) is 17.0 Å². The van der Waals surface area contributed by atoms with Crippen molar-refractivity contribution < 1.29 is 9.72 Å². The predicted molar refractivity (Wildman–Crippen MR) is 116 cm³/mol. The van der Waals surface area contributed by atoms with Crippen molar-refractivity contribution in [2.75, 3.05) is 4.90 Å². The summed E-state index contributed by atoms with van der Waals surface area (Å²) in [7, 11) is 0. The first-order chi connectivity index (χ1) is 14.0. The van der Waals surface area contributed by atoms with Crippen molar-refractivity contribution in [2.45, 2.75) is 0 Å². The number of nitro groups is 1. The average Bonchev–Trinajstić information content (AvgIpc) is 3.06. The molecule has 6 nitrogen and oxygen atoms in total. The van der Waals surface area contributed by atoms with Crippen molar-refractivity contribution in [2.24, 2.45) is 4.99 Å². The zero-order valence-electron chi connectivity index (χ0n) is 15.0. The smallest absolute Gasteiger partial charge is 0.266 e. The van der Waals surface area contributed by atoms with Crippen LogP contribution in [0.4, 0.5) is 11.4 Å². The van der Waals surface area contributed by atoms with E-state index in [0.29, 0.717) is 17.1 Å². The Morgan fingerprint density at radius 1 is 0.931 bits per heavy atom. The van der Waals surface area contributed by atoms with E-state index in [1.54, 1.807) is 18.2 Å². The van der Waals surface area contributed by atoms with Crippen LogP contribution in [0.15, 0.2) is 94.0 Å². The Morgan fingerprint density at radius 3 is 2.28 bits per heavy atom. The van der Waals surface area contributed by atoms with Gasteiger partial charge in [-0.2, -0.15) is 0 Å². The SMILES string of the molecule is O=C1/C(=C\c2ccccc2[N+](=O)[O-])N=C(c2ccccc2)N1c1ccc(Br)cc1. The summed E-state index contributed by atoms with van der Waals surface area (Å²) in [5.41, 5.74) is 1.82. The summed E-state index contributed by atoms with van der Waals surface area (Å²) in [5, 5.41) is 11.3. The third kappa shape index (κ3) is 3.72. The Labute approximate surface area is 175 Å². The van der Waals surface area contributed by atoms with Gasteiger partial charge in [-0.05, 0) is 36.4 Å². The van der Waals surface area contributed by atoms with Crippen LogP contribution >= 0.6 is 15.9 Å². The molecular formula is C22H14BrN3O3. The van der Waals surface area contributed by atoms with Crippen molar-refractivity contribution >= 4 is 45.1 Å². The largest absolute Gasteiger partial charge is 0.282 e. The number of nitrogens with zero attached hydrogens (tertiary/aromatic N) is 3. The number of carbonyl (C=O) groups is 1. The van der Waals surface area contributed by atoms with E-state index in [1.807, 2.05) is 54.6 Å². The molecule has 0 spiro atoms. The molecule has 4 rings (SSSR count). The minimum absolute atomic E-state index is 0.0775. The number of amides is 1. The molecule has 29 heavy (non-hydrogen) atoms.